The Balaban J connectivity index is 2.06. The average Bonchev–Trinajstić information content (AvgIpc) is 3.14. The Morgan fingerprint density at radius 2 is 1.92 bits per heavy atom. The van der Waals surface area contributed by atoms with Gasteiger partial charge in [0.25, 0.3) is 5.91 Å². The van der Waals surface area contributed by atoms with Crippen LogP contribution in [0.2, 0.25) is 0 Å². The van der Waals surface area contributed by atoms with Crippen LogP contribution in [0.4, 0.5) is 0 Å². The zero-order valence-electron chi connectivity index (χ0n) is 13.8. The maximum Gasteiger partial charge on any atom is 0.261 e. The summed E-state index contributed by atoms with van der Waals surface area (Å²) in [4.78, 5) is 26.9. The van der Waals surface area contributed by atoms with Gasteiger partial charge in [-0.05, 0) is 30.4 Å². The normalized spacial score (nSPS) is 13.1. The van der Waals surface area contributed by atoms with Gasteiger partial charge in [-0.3, -0.25) is 9.59 Å². The summed E-state index contributed by atoms with van der Waals surface area (Å²) in [6.45, 7) is 1.65. The number of likely N-dealkylation sites (N-methyl/N-ethyl adjacent to an activating group) is 1. The van der Waals surface area contributed by atoms with Gasteiger partial charge in [0.1, 0.15) is 6.04 Å². The molecule has 0 aliphatic carbocycles. The molecule has 2 unspecified atom stereocenters. The molecule has 24 heavy (non-hydrogen) atoms. The molecular formula is C18H22N2O3S. The molecule has 0 bridgehead atoms. The first-order valence-electron chi connectivity index (χ1n) is 7.81. The molecule has 2 N–H and O–H groups in total. The number of aliphatic hydroxyl groups is 1. The molecule has 1 aromatic heterocycles. The highest BCUT2D eigenvalue weighted by Crippen LogP contribution is 2.23. The predicted molar refractivity (Wildman–Crippen MR) is 94.9 cm³/mol. The van der Waals surface area contributed by atoms with Crippen LogP contribution in [-0.2, 0) is 4.79 Å². The molecule has 2 amide bonds. The second-order valence-corrected chi connectivity index (χ2v) is 6.51. The van der Waals surface area contributed by atoms with Crippen LogP contribution < -0.4 is 5.32 Å². The Kier molecular flexibility index (Phi) is 6.52. The standard InChI is InChI=1S/C18H22N2O3S/c1-13(19-17(22)16-9-6-12-24-16)18(23)20(2)15(10-11-21)14-7-4-3-5-8-14/h3-9,12-13,15,21H,10-11H2,1-2H3,(H,19,22). The lowest BCUT2D eigenvalue weighted by Crippen LogP contribution is -2.46. The molecule has 2 rings (SSSR count). The molecule has 1 heterocycles. The van der Waals surface area contributed by atoms with Crippen LogP contribution in [0.25, 0.3) is 0 Å². The van der Waals surface area contributed by atoms with Gasteiger partial charge in [0.2, 0.25) is 5.91 Å². The number of hydrogen-bond acceptors (Lipinski definition) is 4. The maximum absolute atomic E-state index is 12.7. The van der Waals surface area contributed by atoms with E-state index in [4.69, 9.17) is 0 Å². The van der Waals surface area contributed by atoms with Crippen molar-refractivity contribution in [1.82, 2.24) is 10.2 Å². The summed E-state index contributed by atoms with van der Waals surface area (Å²) in [5.74, 6) is -0.445. The van der Waals surface area contributed by atoms with E-state index in [1.54, 1.807) is 31.0 Å². The van der Waals surface area contributed by atoms with E-state index in [2.05, 4.69) is 5.32 Å². The monoisotopic (exact) mass is 346 g/mol. The molecular weight excluding hydrogens is 324 g/mol. The maximum atomic E-state index is 12.7. The number of aliphatic hydroxyl groups excluding tert-OH is 1. The number of benzene rings is 1. The van der Waals surface area contributed by atoms with Crippen molar-refractivity contribution in [2.24, 2.45) is 0 Å². The second kappa shape index (κ2) is 8.61. The van der Waals surface area contributed by atoms with Crippen molar-refractivity contribution in [3.05, 3.63) is 58.3 Å². The molecule has 1 aromatic carbocycles. The van der Waals surface area contributed by atoms with Crippen LogP contribution in [0.1, 0.15) is 34.6 Å². The van der Waals surface area contributed by atoms with E-state index in [0.717, 1.165) is 5.56 Å². The van der Waals surface area contributed by atoms with Gasteiger partial charge in [-0.2, -0.15) is 0 Å². The van der Waals surface area contributed by atoms with Crippen LogP contribution in [0.5, 0.6) is 0 Å². The largest absolute Gasteiger partial charge is 0.396 e. The van der Waals surface area contributed by atoms with Crippen molar-refractivity contribution in [2.45, 2.75) is 25.4 Å². The first-order valence-corrected chi connectivity index (χ1v) is 8.69. The summed E-state index contributed by atoms with van der Waals surface area (Å²) in [6, 6.07) is 12.2. The fourth-order valence-corrected chi connectivity index (χ4v) is 3.20. The molecule has 0 saturated heterocycles. The molecule has 0 spiro atoms. The van der Waals surface area contributed by atoms with E-state index < -0.39 is 6.04 Å². The molecule has 128 valence electrons. The highest BCUT2D eigenvalue weighted by atomic mass is 32.1. The third-order valence-corrected chi connectivity index (χ3v) is 4.73. The fourth-order valence-electron chi connectivity index (χ4n) is 2.58. The van der Waals surface area contributed by atoms with E-state index in [1.165, 1.54) is 11.3 Å². The Morgan fingerprint density at radius 1 is 1.21 bits per heavy atom. The molecule has 0 fully saturated rings. The van der Waals surface area contributed by atoms with Crippen molar-refractivity contribution in [1.29, 1.82) is 0 Å². The number of amides is 2. The first kappa shape index (κ1) is 18.2. The first-order chi connectivity index (χ1) is 11.5. The van der Waals surface area contributed by atoms with Crippen LogP contribution in [0.3, 0.4) is 0 Å². The van der Waals surface area contributed by atoms with Crippen LogP contribution in [0.15, 0.2) is 47.8 Å². The van der Waals surface area contributed by atoms with Gasteiger partial charge < -0.3 is 15.3 Å². The van der Waals surface area contributed by atoms with Crippen molar-refractivity contribution in [2.75, 3.05) is 13.7 Å². The lowest BCUT2D eigenvalue weighted by Gasteiger charge is -2.30. The third kappa shape index (κ3) is 4.43. The van der Waals surface area contributed by atoms with Crippen molar-refractivity contribution in [3.63, 3.8) is 0 Å². The number of carbonyl (C=O) groups excluding carboxylic acids is 2. The van der Waals surface area contributed by atoms with E-state index >= 15 is 0 Å². The van der Waals surface area contributed by atoms with Gasteiger partial charge in [0.05, 0.1) is 10.9 Å². The SMILES string of the molecule is CC(NC(=O)c1cccs1)C(=O)N(C)C(CCO)c1ccccc1. The second-order valence-electron chi connectivity index (χ2n) is 5.56. The summed E-state index contributed by atoms with van der Waals surface area (Å²) in [7, 11) is 1.70. The van der Waals surface area contributed by atoms with Gasteiger partial charge >= 0.3 is 0 Å². The van der Waals surface area contributed by atoms with Crippen LogP contribution >= 0.6 is 11.3 Å². The van der Waals surface area contributed by atoms with Gasteiger partial charge in [-0.15, -0.1) is 11.3 Å². The predicted octanol–water partition coefficient (Wildman–Crippen LogP) is 2.45. The molecule has 2 atom stereocenters. The van der Waals surface area contributed by atoms with Crippen molar-refractivity contribution >= 4 is 23.2 Å². The zero-order valence-corrected chi connectivity index (χ0v) is 14.6. The number of carbonyl (C=O) groups is 2. The average molecular weight is 346 g/mol. The Morgan fingerprint density at radius 3 is 2.50 bits per heavy atom. The Bertz CT molecular complexity index is 658. The van der Waals surface area contributed by atoms with E-state index in [-0.39, 0.29) is 24.5 Å². The van der Waals surface area contributed by atoms with Crippen molar-refractivity contribution in [3.8, 4) is 0 Å². The molecule has 0 radical (unpaired) electrons. The summed E-state index contributed by atoms with van der Waals surface area (Å²) in [5, 5.41) is 13.9. The molecule has 0 aliphatic heterocycles. The minimum Gasteiger partial charge on any atom is -0.396 e. The third-order valence-electron chi connectivity index (χ3n) is 3.87. The van der Waals surface area contributed by atoms with Crippen LogP contribution in [-0.4, -0.2) is 41.5 Å². The number of thiophene rings is 1. The highest BCUT2D eigenvalue weighted by molar-refractivity contribution is 7.12. The minimum absolute atomic E-state index is 0.0207. The molecule has 5 nitrogen and oxygen atoms in total. The minimum atomic E-state index is -0.644. The Hall–Kier alpha value is -2.18. The summed E-state index contributed by atoms with van der Waals surface area (Å²) >= 11 is 1.33. The number of nitrogens with zero attached hydrogens (tertiary/aromatic N) is 1. The zero-order chi connectivity index (χ0) is 17.5. The van der Waals surface area contributed by atoms with Gasteiger partial charge in [0, 0.05) is 13.7 Å². The van der Waals surface area contributed by atoms with E-state index in [1.807, 2.05) is 35.7 Å². The molecule has 0 saturated carbocycles. The van der Waals surface area contributed by atoms with Crippen molar-refractivity contribution < 1.29 is 14.7 Å². The number of rotatable bonds is 7. The summed E-state index contributed by atoms with van der Waals surface area (Å²) in [5.41, 5.74) is 0.958. The Labute approximate surface area is 145 Å². The van der Waals surface area contributed by atoms with Gasteiger partial charge in [-0.1, -0.05) is 36.4 Å². The quantitative estimate of drug-likeness (QED) is 0.809. The fraction of sp³-hybridized carbons (Fsp3) is 0.333. The van der Waals surface area contributed by atoms with Crippen LogP contribution in [0, 0.1) is 0 Å². The van der Waals surface area contributed by atoms with Gasteiger partial charge in [-0.25, -0.2) is 0 Å². The number of hydrogen-bond donors (Lipinski definition) is 2. The molecule has 0 aliphatic rings. The lowest BCUT2D eigenvalue weighted by molar-refractivity contribution is -0.134. The van der Waals surface area contributed by atoms with E-state index in [9.17, 15) is 14.7 Å². The highest BCUT2D eigenvalue weighted by Gasteiger charge is 2.26. The number of nitrogens with one attached hydrogen (secondary N) is 1. The lowest BCUT2D eigenvalue weighted by atomic mass is 10.0. The van der Waals surface area contributed by atoms with E-state index in [0.29, 0.717) is 11.3 Å². The smallest absolute Gasteiger partial charge is 0.261 e. The van der Waals surface area contributed by atoms with Gasteiger partial charge in [0.15, 0.2) is 0 Å². The molecule has 2 aromatic rings. The summed E-state index contributed by atoms with van der Waals surface area (Å²) in [6.07, 6.45) is 0.442. The molecule has 6 heteroatoms. The topological polar surface area (TPSA) is 69.6 Å². The summed E-state index contributed by atoms with van der Waals surface area (Å²) < 4.78 is 0.